The number of fused-ring (bicyclic) bond motifs is 1. The number of H-pyrrole nitrogens is 1. The standard InChI is InChI=1S/C10H8N4OS.H2/c1-6-12-9-8(16-6)4-7(13-9)10(15)14-3-2-11-5-14;/h2-5,13H,1H3;1H. The number of aromatic amines is 1. The maximum absolute atomic E-state index is 11.9. The summed E-state index contributed by atoms with van der Waals surface area (Å²) in [5, 5.41) is 0.989. The summed E-state index contributed by atoms with van der Waals surface area (Å²) in [6, 6.07) is 1.82. The molecule has 5 nitrogen and oxygen atoms in total. The number of carbonyl (C=O) groups excluding carboxylic acids is 1. The number of aryl methyl sites for hydroxylation is 1. The highest BCUT2D eigenvalue weighted by molar-refractivity contribution is 7.18. The SMILES string of the molecule is Cc1nc2[nH]c(C(=O)n3ccnc3)cc2s1.[HH]. The van der Waals surface area contributed by atoms with Gasteiger partial charge in [-0.1, -0.05) is 0 Å². The van der Waals surface area contributed by atoms with Gasteiger partial charge in [-0.25, -0.2) is 9.97 Å². The molecule has 0 fully saturated rings. The lowest BCUT2D eigenvalue weighted by atomic mass is 10.4. The maximum atomic E-state index is 11.9. The summed E-state index contributed by atoms with van der Waals surface area (Å²) in [4.78, 5) is 23.1. The number of aromatic nitrogens is 4. The molecule has 0 unspecified atom stereocenters. The fourth-order valence-corrected chi connectivity index (χ4v) is 2.38. The second kappa shape index (κ2) is 3.28. The molecule has 0 spiro atoms. The number of nitrogens with zero attached hydrogens (tertiary/aromatic N) is 3. The lowest BCUT2D eigenvalue weighted by molar-refractivity contribution is 0.0955. The molecule has 0 saturated carbocycles. The molecule has 0 amide bonds. The van der Waals surface area contributed by atoms with Crippen LogP contribution in [0.5, 0.6) is 0 Å². The first-order chi connectivity index (χ1) is 7.74. The van der Waals surface area contributed by atoms with E-state index >= 15 is 0 Å². The molecule has 0 aliphatic carbocycles. The Morgan fingerprint density at radius 1 is 1.62 bits per heavy atom. The van der Waals surface area contributed by atoms with Crippen molar-refractivity contribution < 1.29 is 6.22 Å². The van der Waals surface area contributed by atoms with Crippen LogP contribution in [0.25, 0.3) is 10.3 Å². The van der Waals surface area contributed by atoms with Gasteiger partial charge in [-0.15, -0.1) is 11.3 Å². The minimum Gasteiger partial charge on any atom is -0.334 e. The smallest absolute Gasteiger partial charge is 0.279 e. The zero-order valence-corrected chi connectivity index (χ0v) is 9.28. The Kier molecular flexibility index (Phi) is 1.90. The van der Waals surface area contributed by atoms with Gasteiger partial charge in [0.25, 0.3) is 5.91 Å². The van der Waals surface area contributed by atoms with E-state index in [0.29, 0.717) is 5.69 Å². The number of carbonyl (C=O) groups is 1. The molecule has 1 N–H and O–H groups in total. The third kappa shape index (κ3) is 1.35. The van der Waals surface area contributed by atoms with E-state index in [-0.39, 0.29) is 7.33 Å². The highest BCUT2D eigenvalue weighted by atomic mass is 32.1. The Bertz CT molecular complexity index is 624. The van der Waals surface area contributed by atoms with Crippen molar-refractivity contribution in [3.8, 4) is 0 Å². The molecule has 0 radical (unpaired) electrons. The Hall–Kier alpha value is -1.95. The predicted octanol–water partition coefficient (Wildman–Crippen LogP) is 2.06. The van der Waals surface area contributed by atoms with Crippen LogP contribution in [-0.4, -0.2) is 25.4 Å². The van der Waals surface area contributed by atoms with Crippen LogP contribution in [0.15, 0.2) is 24.8 Å². The highest BCUT2D eigenvalue weighted by Crippen LogP contribution is 2.22. The molecule has 0 aliphatic rings. The molecule has 0 saturated heterocycles. The van der Waals surface area contributed by atoms with E-state index in [9.17, 15) is 4.79 Å². The summed E-state index contributed by atoms with van der Waals surface area (Å²) >= 11 is 1.57. The van der Waals surface area contributed by atoms with Crippen molar-refractivity contribution >= 4 is 27.6 Å². The predicted molar refractivity (Wildman–Crippen MR) is 62.8 cm³/mol. The van der Waals surface area contributed by atoms with Gasteiger partial charge < -0.3 is 4.98 Å². The van der Waals surface area contributed by atoms with E-state index in [0.717, 1.165) is 15.4 Å². The van der Waals surface area contributed by atoms with E-state index in [2.05, 4.69) is 15.0 Å². The van der Waals surface area contributed by atoms with Crippen LogP contribution < -0.4 is 0 Å². The second-order valence-electron chi connectivity index (χ2n) is 3.40. The zero-order chi connectivity index (χ0) is 11.1. The van der Waals surface area contributed by atoms with Crippen molar-refractivity contribution in [1.82, 2.24) is 19.5 Å². The average molecular weight is 234 g/mol. The topological polar surface area (TPSA) is 63.6 Å². The van der Waals surface area contributed by atoms with E-state index in [1.807, 2.05) is 13.0 Å². The molecule has 0 aromatic carbocycles. The zero-order valence-electron chi connectivity index (χ0n) is 8.47. The summed E-state index contributed by atoms with van der Waals surface area (Å²) in [5.41, 5.74) is 1.30. The van der Waals surface area contributed by atoms with Gasteiger partial charge in [-0.05, 0) is 13.0 Å². The second-order valence-corrected chi connectivity index (χ2v) is 4.64. The van der Waals surface area contributed by atoms with Gasteiger partial charge in [-0.2, -0.15) is 0 Å². The molecule has 3 rings (SSSR count). The summed E-state index contributed by atoms with van der Waals surface area (Å²) in [7, 11) is 0. The normalized spacial score (nSPS) is 11.1. The van der Waals surface area contributed by atoms with Crippen LogP contribution in [0.2, 0.25) is 0 Å². The summed E-state index contributed by atoms with van der Waals surface area (Å²) in [6.45, 7) is 1.94. The first kappa shape index (κ1) is 9.29. The Balaban J connectivity index is 0.00000108. The molecule has 3 aromatic heterocycles. The van der Waals surface area contributed by atoms with Crippen molar-refractivity contribution in [1.29, 1.82) is 0 Å². The van der Waals surface area contributed by atoms with Crippen molar-refractivity contribution in [2.45, 2.75) is 6.92 Å². The quantitative estimate of drug-likeness (QED) is 0.701. The number of thiazole rings is 1. The molecule has 82 valence electrons. The first-order valence-corrected chi connectivity index (χ1v) is 5.54. The van der Waals surface area contributed by atoms with Crippen LogP contribution in [0.3, 0.4) is 0 Å². The summed E-state index contributed by atoms with van der Waals surface area (Å²) in [5.74, 6) is -0.125. The van der Waals surface area contributed by atoms with Crippen molar-refractivity contribution in [3.05, 3.63) is 35.5 Å². The van der Waals surface area contributed by atoms with Gasteiger partial charge in [0.15, 0.2) is 0 Å². The molecular weight excluding hydrogens is 224 g/mol. The van der Waals surface area contributed by atoms with Gasteiger partial charge in [0.1, 0.15) is 17.7 Å². The molecule has 0 atom stereocenters. The largest absolute Gasteiger partial charge is 0.334 e. The Labute approximate surface area is 96.3 Å². The van der Waals surface area contributed by atoms with Crippen LogP contribution in [-0.2, 0) is 0 Å². The van der Waals surface area contributed by atoms with E-state index in [1.165, 1.54) is 10.9 Å². The molecule has 3 heterocycles. The fraction of sp³-hybridized carbons (Fsp3) is 0.100. The summed E-state index contributed by atoms with van der Waals surface area (Å²) < 4.78 is 2.43. The van der Waals surface area contributed by atoms with Crippen LogP contribution in [0, 0.1) is 6.92 Å². The minimum absolute atomic E-state index is 0. The number of hydrogen-bond donors (Lipinski definition) is 1. The minimum atomic E-state index is -0.125. The third-order valence-electron chi connectivity index (χ3n) is 2.26. The molecule has 0 aliphatic heterocycles. The van der Waals surface area contributed by atoms with Gasteiger partial charge in [0, 0.05) is 13.8 Å². The molecule has 0 bridgehead atoms. The van der Waals surface area contributed by atoms with Crippen molar-refractivity contribution in [2.75, 3.05) is 0 Å². The maximum Gasteiger partial charge on any atom is 0.279 e. The third-order valence-corrected chi connectivity index (χ3v) is 3.18. The lowest BCUT2D eigenvalue weighted by Crippen LogP contribution is -2.09. The Morgan fingerprint density at radius 3 is 3.19 bits per heavy atom. The van der Waals surface area contributed by atoms with Gasteiger partial charge in [0.2, 0.25) is 0 Å². The van der Waals surface area contributed by atoms with Crippen molar-refractivity contribution in [3.63, 3.8) is 0 Å². The average Bonchev–Trinajstić information content (AvgIpc) is 2.89. The summed E-state index contributed by atoms with van der Waals surface area (Å²) in [6.07, 6.45) is 4.68. The van der Waals surface area contributed by atoms with E-state index in [4.69, 9.17) is 0 Å². The van der Waals surface area contributed by atoms with Gasteiger partial charge in [-0.3, -0.25) is 9.36 Å². The molecular formula is C10H10N4OS. The first-order valence-electron chi connectivity index (χ1n) is 4.73. The van der Waals surface area contributed by atoms with Crippen molar-refractivity contribution in [2.24, 2.45) is 0 Å². The van der Waals surface area contributed by atoms with Gasteiger partial charge >= 0.3 is 0 Å². The molecule has 16 heavy (non-hydrogen) atoms. The fourth-order valence-electron chi connectivity index (χ4n) is 1.56. The van der Waals surface area contributed by atoms with Crippen LogP contribution in [0.4, 0.5) is 0 Å². The number of imidazole rings is 1. The molecule has 6 heteroatoms. The lowest BCUT2D eigenvalue weighted by Gasteiger charge is -1.96. The number of rotatable bonds is 1. The number of nitrogens with one attached hydrogen (secondary N) is 1. The van der Waals surface area contributed by atoms with E-state index in [1.54, 1.807) is 23.7 Å². The van der Waals surface area contributed by atoms with Gasteiger partial charge in [0.05, 0.1) is 9.71 Å². The van der Waals surface area contributed by atoms with E-state index < -0.39 is 0 Å². The monoisotopic (exact) mass is 234 g/mol. The number of hydrogen-bond acceptors (Lipinski definition) is 4. The Morgan fingerprint density at radius 2 is 2.50 bits per heavy atom. The van der Waals surface area contributed by atoms with Crippen LogP contribution >= 0.6 is 11.3 Å². The highest BCUT2D eigenvalue weighted by Gasteiger charge is 2.13. The van der Waals surface area contributed by atoms with Crippen LogP contribution in [0.1, 0.15) is 16.9 Å². The molecule has 3 aromatic rings.